The monoisotopic (exact) mass is 313 g/mol. The van der Waals surface area contributed by atoms with E-state index in [2.05, 4.69) is 15.3 Å². The van der Waals surface area contributed by atoms with E-state index < -0.39 is 0 Å². The first kappa shape index (κ1) is 13.6. The average molecular weight is 314 g/mol. The Morgan fingerprint density at radius 3 is 2.91 bits per heavy atom. The molecule has 1 aliphatic carbocycles. The molecule has 0 unspecified atom stereocenters. The van der Waals surface area contributed by atoms with Gasteiger partial charge in [-0.3, -0.25) is 9.78 Å². The number of amides is 1. The second-order valence-corrected chi connectivity index (χ2v) is 6.33. The van der Waals surface area contributed by atoms with Gasteiger partial charge >= 0.3 is 0 Å². The number of hydrogen-bond donors (Lipinski definition) is 2. The van der Waals surface area contributed by atoms with E-state index in [1.165, 1.54) is 0 Å². The Bertz CT molecular complexity index is 865. The van der Waals surface area contributed by atoms with Crippen LogP contribution in [0, 0.1) is 5.92 Å². The molecule has 4 nitrogen and oxygen atoms in total. The SMILES string of the molecule is O=C(Nc1cc(Cl)cc2c1[nH]c1cnccc12)C1CCCC1. The summed E-state index contributed by atoms with van der Waals surface area (Å²) in [4.78, 5) is 19.9. The minimum Gasteiger partial charge on any atom is -0.352 e. The first-order valence-electron chi connectivity index (χ1n) is 7.58. The van der Waals surface area contributed by atoms with Crippen LogP contribution in [-0.2, 0) is 4.79 Å². The lowest BCUT2D eigenvalue weighted by atomic mass is 10.1. The van der Waals surface area contributed by atoms with Crippen molar-refractivity contribution < 1.29 is 4.79 Å². The number of nitrogens with one attached hydrogen (secondary N) is 2. The number of benzene rings is 1. The van der Waals surface area contributed by atoms with Crippen LogP contribution in [0.5, 0.6) is 0 Å². The molecule has 0 atom stereocenters. The lowest BCUT2D eigenvalue weighted by Crippen LogP contribution is -2.20. The topological polar surface area (TPSA) is 57.8 Å². The van der Waals surface area contributed by atoms with Crippen LogP contribution in [-0.4, -0.2) is 15.9 Å². The van der Waals surface area contributed by atoms with Crippen molar-refractivity contribution in [3.05, 3.63) is 35.6 Å². The molecule has 5 heteroatoms. The molecule has 0 radical (unpaired) electrons. The fourth-order valence-electron chi connectivity index (χ4n) is 3.34. The Kier molecular flexibility index (Phi) is 3.26. The molecule has 3 aromatic rings. The summed E-state index contributed by atoms with van der Waals surface area (Å²) in [5, 5.41) is 5.74. The number of H-pyrrole nitrogens is 1. The number of aromatic amines is 1. The van der Waals surface area contributed by atoms with Gasteiger partial charge in [-0.05, 0) is 31.0 Å². The van der Waals surface area contributed by atoms with Gasteiger partial charge in [-0.2, -0.15) is 0 Å². The number of carbonyl (C=O) groups excluding carboxylic acids is 1. The number of carbonyl (C=O) groups is 1. The van der Waals surface area contributed by atoms with Crippen molar-refractivity contribution in [2.24, 2.45) is 5.92 Å². The highest BCUT2D eigenvalue weighted by atomic mass is 35.5. The molecule has 22 heavy (non-hydrogen) atoms. The molecule has 1 fully saturated rings. The van der Waals surface area contributed by atoms with E-state index >= 15 is 0 Å². The van der Waals surface area contributed by atoms with E-state index in [1.54, 1.807) is 18.5 Å². The summed E-state index contributed by atoms with van der Waals surface area (Å²) in [6, 6.07) is 5.67. The number of pyridine rings is 1. The van der Waals surface area contributed by atoms with E-state index in [-0.39, 0.29) is 11.8 Å². The second-order valence-electron chi connectivity index (χ2n) is 5.89. The lowest BCUT2D eigenvalue weighted by molar-refractivity contribution is -0.119. The van der Waals surface area contributed by atoms with Crippen LogP contribution in [0.4, 0.5) is 5.69 Å². The maximum absolute atomic E-state index is 12.4. The second kappa shape index (κ2) is 5.29. The normalized spacial score (nSPS) is 15.7. The summed E-state index contributed by atoms with van der Waals surface area (Å²) in [5.41, 5.74) is 2.59. The lowest BCUT2D eigenvalue weighted by Gasteiger charge is -2.11. The van der Waals surface area contributed by atoms with Crippen LogP contribution < -0.4 is 5.32 Å². The van der Waals surface area contributed by atoms with E-state index in [1.807, 2.05) is 12.1 Å². The number of nitrogens with zero attached hydrogens (tertiary/aromatic N) is 1. The van der Waals surface area contributed by atoms with Crippen molar-refractivity contribution in [3.8, 4) is 0 Å². The maximum Gasteiger partial charge on any atom is 0.227 e. The molecule has 112 valence electrons. The van der Waals surface area contributed by atoms with Crippen molar-refractivity contribution in [2.75, 3.05) is 5.32 Å². The highest BCUT2D eigenvalue weighted by Crippen LogP contribution is 2.34. The Hall–Kier alpha value is -2.07. The Morgan fingerprint density at radius 2 is 2.09 bits per heavy atom. The molecule has 0 saturated heterocycles. The van der Waals surface area contributed by atoms with Crippen molar-refractivity contribution in [3.63, 3.8) is 0 Å². The highest BCUT2D eigenvalue weighted by molar-refractivity contribution is 6.32. The third-order valence-corrected chi connectivity index (χ3v) is 4.68. The fourth-order valence-corrected chi connectivity index (χ4v) is 3.56. The van der Waals surface area contributed by atoms with Crippen molar-refractivity contribution >= 4 is 45.0 Å². The van der Waals surface area contributed by atoms with E-state index in [0.717, 1.165) is 53.2 Å². The molecule has 1 aliphatic rings. The van der Waals surface area contributed by atoms with Gasteiger partial charge in [-0.25, -0.2) is 0 Å². The fraction of sp³-hybridized carbons (Fsp3) is 0.294. The number of hydrogen-bond acceptors (Lipinski definition) is 2. The number of aromatic nitrogens is 2. The van der Waals surface area contributed by atoms with E-state index in [4.69, 9.17) is 11.6 Å². The third kappa shape index (κ3) is 2.24. The van der Waals surface area contributed by atoms with Gasteiger partial charge in [0, 0.05) is 27.9 Å². The van der Waals surface area contributed by atoms with Gasteiger partial charge < -0.3 is 10.3 Å². The van der Waals surface area contributed by atoms with Crippen LogP contribution in [0.15, 0.2) is 30.6 Å². The van der Waals surface area contributed by atoms with Crippen molar-refractivity contribution in [1.82, 2.24) is 9.97 Å². The summed E-state index contributed by atoms with van der Waals surface area (Å²) in [6.07, 6.45) is 7.78. The predicted octanol–water partition coefficient (Wildman–Crippen LogP) is 4.50. The maximum atomic E-state index is 12.4. The van der Waals surface area contributed by atoms with Gasteiger partial charge in [-0.1, -0.05) is 24.4 Å². The van der Waals surface area contributed by atoms with Crippen LogP contribution >= 0.6 is 11.6 Å². The first-order chi connectivity index (χ1) is 10.7. The molecule has 4 rings (SSSR count). The molecule has 2 heterocycles. The molecule has 1 aromatic carbocycles. The standard InChI is InChI=1S/C17H16ClN3O/c18-11-7-13-12-5-6-19-9-15(12)20-16(13)14(8-11)21-17(22)10-3-1-2-4-10/h5-10,20H,1-4H2,(H,21,22). The molecular formula is C17H16ClN3O. The molecule has 2 aromatic heterocycles. The van der Waals surface area contributed by atoms with Crippen LogP contribution in [0.2, 0.25) is 5.02 Å². The number of anilines is 1. The van der Waals surface area contributed by atoms with E-state index in [9.17, 15) is 4.79 Å². The summed E-state index contributed by atoms with van der Waals surface area (Å²) in [6.45, 7) is 0. The molecule has 0 bridgehead atoms. The van der Waals surface area contributed by atoms with Crippen LogP contribution in [0.3, 0.4) is 0 Å². The van der Waals surface area contributed by atoms with Crippen molar-refractivity contribution in [1.29, 1.82) is 0 Å². The Labute approximate surface area is 132 Å². The zero-order chi connectivity index (χ0) is 15.1. The Balaban J connectivity index is 1.81. The highest BCUT2D eigenvalue weighted by Gasteiger charge is 2.23. The number of rotatable bonds is 2. The predicted molar refractivity (Wildman–Crippen MR) is 89.2 cm³/mol. The van der Waals surface area contributed by atoms with Gasteiger partial charge in [0.25, 0.3) is 0 Å². The summed E-state index contributed by atoms with van der Waals surface area (Å²) >= 11 is 6.24. The van der Waals surface area contributed by atoms with Crippen LogP contribution in [0.1, 0.15) is 25.7 Å². The van der Waals surface area contributed by atoms with Gasteiger partial charge in [-0.15, -0.1) is 0 Å². The smallest absolute Gasteiger partial charge is 0.227 e. The quantitative estimate of drug-likeness (QED) is 0.732. The summed E-state index contributed by atoms with van der Waals surface area (Å²) in [5.74, 6) is 0.220. The van der Waals surface area contributed by atoms with Gasteiger partial charge in [0.1, 0.15) is 0 Å². The average Bonchev–Trinajstić information content (AvgIpc) is 3.15. The van der Waals surface area contributed by atoms with Gasteiger partial charge in [0.2, 0.25) is 5.91 Å². The molecule has 0 spiro atoms. The largest absolute Gasteiger partial charge is 0.352 e. The number of fused-ring (bicyclic) bond motifs is 3. The van der Waals surface area contributed by atoms with Gasteiger partial charge in [0.15, 0.2) is 0 Å². The van der Waals surface area contributed by atoms with E-state index in [0.29, 0.717) is 5.02 Å². The number of halogens is 1. The third-order valence-electron chi connectivity index (χ3n) is 4.46. The Morgan fingerprint density at radius 1 is 1.27 bits per heavy atom. The first-order valence-corrected chi connectivity index (χ1v) is 7.96. The molecule has 1 saturated carbocycles. The molecular weight excluding hydrogens is 298 g/mol. The molecule has 0 aliphatic heterocycles. The van der Waals surface area contributed by atoms with Gasteiger partial charge in [0.05, 0.1) is 22.9 Å². The minimum absolute atomic E-state index is 0.0952. The zero-order valence-electron chi connectivity index (χ0n) is 12.0. The minimum atomic E-state index is 0.0952. The van der Waals surface area contributed by atoms with Crippen molar-refractivity contribution in [2.45, 2.75) is 25.7 Å². The molecule has 1 amide bonds. The summed E-state index contributed by atoms with van der Waals surface area (Å²) < 4.78 is 0. The summed E-state index contributed by atoms with van der Waals surface area (Å²) in [7, 11) is 0. The zero-order valence-corrected chi connectivity index (χ0v) is 12.8. The van der Waals surface area contributed by atoms with Crippen LogP contribution in [0.25, 0.3) is 21.8 Å². The molecule has 2 N–H and O–H groups in total.